The van der Waals surface area contributed by atoms with Crippen molar-refractivity contribution in [2.24, 2.45) is 0 Å². The fraction of sp³-hybridized carbons (Fsp3) is 0.500. The van der Waals surface area contributed by atoms with Gasteiger partial charge in [0.25, 0.3) is 5.69 Å². The molecule has 30 heavy (non-hydrogen) atoms. The number of hydrogen-bond donors (Lipinski definition) is 1. The molecule has 0 aromatic heterocycles. The average Bonchev–Trinajstić information content (AvgIpc) is 3.14. The number of hydrogen-bond acceptors (Lipinski definition) is 4. The van der Waals surface area contributed by atoms with Gasteiger partial charge in [0.2, 0.25) is 0 Å². The van der Waals surface area contributed by atoms with Crippen molar-refractivity contribution >= 4 is 14.0 Å². The third-order valence-corrected chi connectivity index (χ3v) is 11.1. The van der Waals surface area contributed by atoms with Gasteiger partial charge in [-0.3, -0.25) is 10.1 Å². The van der Waals surface area contributed by atoms with Crippen molar-refractivity contribution in [2.45, 2.75) is 76.4 Å². The van der Waals surface area contributed by atoms with Gasteiger partial charge in [-0.15, -0.1) is 0 Å². The van der Waals surface area contributed by atoms with Crippen LogP contribution < -0.4 is 5.32 Å². The van der Waals surface area contributed by atoms with Gasteiger partial charge in [-0.1, -0.05) is 69.3 Å². The Bertz CT molecular complexity index is 864. The quantitative estimate of drug-likeness (QED) is 0.334. The molecule has 162 valence electrons. The Morgan fingerprint density at radius 1 is 1.10 bits per heavy atom. The molecule has 6 heteroatoms. The zero-order chi connectivity index (χ0) is 21.9. The summed E-state index contributed by atoms with van der Waals surface area (Å²) in [7, 11) is -1.97. The number of nitro benzene ring substituents is 1. The Kier molecular flexibility index (Phi) is 6.80. The third-order valence-electron chi connectivity index (χ3n) is 6.65. The van der Waals surface area contributed by atoms with Crippen LogP contribution >= 0.6 is 0 Å². The maximum atomic E-state index is 11.4. The molecule has 1 N–H and O–H groups in total. The molecule has 5 nitrogen and oxygen atoms in total. The second-order valence-corrected chi connectivity index (χ2v) is 14.6. The molecule has 0 unspecified atom stereocenters. The summed E-state index contributed by atoms with van der Waals surface area (Å²) in [4.78, 5) is 11.1. The van der Waals surface area contributed by atoms with Gasteiger partial charge in [0.15, 0.2) is 8.32 Å². The van der Waals surface area contributed by atoms with Crippen molar-refractivity contribution in [2.75, 3.05) is 0 Å². The van der Waals surface area contributed by atoms with Crippen molar-refractivity contribution < 1.29 is 9.35 Å². The van der Waals surface area contributed by atoms with Crippen LogP contribution in [0.3, 0.4) is 0 Å². The van der Waals surface area contributed by atoms with E-state index in [1.165, 1.54) is 5.56 Å². The average molecular weight is 427 g/mol. The zero-order valence-corrected chi connectivity index (χ0v) is 19.7. The van der Waals surface area contributed by atoms with Crippen LogP contribution in [0.25, 0.3) is 0 Å². The van der Waals surface area contributed by atoms with E-state index in [1.807, 2.05) is 18.2 Å². The first-order valence-electron chi connectivity index (χ1n) is 10.8. The van der Waals surface area contributed by atoms with E-state index in [1.54, 1.807) is 12.1 Å². The SMILES string of the molecule is CC(C)(C)[Si](C)(C)O[C@H](c1ccccc1)[C@H]1CC[C@H](Cc2ccccc2[N+](=O)[O-])N1. The largest absolute Gasteiger partial charge is 0.408 e. The number of nitrogens with zero attached hydrogens (tertiary/aromatic N) is 1. The summed E-state index contributed by atoms with van der Waals surface area (Å²) in [5.74, 6) is 0. The second-order valence-electron chi connectivity index (χ2n) is 9.85. The molecule has 3 rings (SSSR count). The van der Waals surface area contributed by atoms with Gasteiger partial charge < -0.3 is 9.74 Å². The van der Waals surface area contributed by atoms with Gasteiger partial charge in [0.05, 0.1) is 11.0 Å². The van der Waals surface area contributed by atoms with E-state index in [-0.39, 0.29) is 33.8 Å². The minimum Gasteiger partial charge on any atom is -0.408 e. The first-order chi connectivity index (χ1) is 14.1. The number of benzene rings is 2. The molecule has 1 aliphatic heterocycles. The Hall–Kier alpha value is -2.02. The van der Waals surface area contributed by atoms with Gasteiger partial charge in [-0.25, -0.2) is 0 Å². The Morgan fingerprint density at radius 3 is 2.37 bits per heavy atom. The Labute approximate surface area is 181 Å². The van der Waals surface area contributed by atoms with Crippen molar-refractivity contribution in [3.8, 4) is 0 Å². The summed E-state index contributed by atoms with van der Waals surface area (Å²) in [6, 6.07) is 17.9. The summed E-state index contributed by atoms with van der Waals surface area (Å²) in [5.41, 5.74) is 2.20. The molecule has 2 aromatic carbocycles. The molecule has 1 aliphatic rings. The van der Waals surface area contributed by atoms with Crippen LogP contribution in [-0.2, 0) is 10.8 Å². The molecular formula is C24H34N2O3Si. The fourth-order valence-electron chi connectivity index (χ4n) is 3.90. The first kappa shape index (κ1) is 22.7. The van der Waals surface area contributed by atoms with Crippen LogP contribution in [0, 0.1) is 10.1 Å². The van der Waals surface area contributed by atoms with E-state index in [9.17, 15) is 10.1 Å². The normalized spacial score (nSPS) is 20.8. The van der Waals surface area contributed by atoms with Gasteiger partial charge >= 0.3 is 0 Å². The first-order valence-corrected chi connectivity index (χ1v) is 13.7. The summed E-state index contributed by atoms with van der Waals surface area (Å²) in [6.07, 6.45) is 2.64. The highest BCUT2D eigenvalue weighted by Crippen LogP contribution is 2.42. The summed E-state index contributed by atoms with van der Waals surface area (Å²) in [6.45, 7) is 11.4. The third kappa shape index (κ3) is 5.17. The molecule has 2 aromatic rings. The van der Waals surface area contributed by atoms with E-state index in [4.69, 9.17) is 4.43 Å². The van der Waals surface area contributed by atoms with Crippen molar-refractivity contribution in [3.05, 3.63) is 75.8 Å². The summed E-state index contributed by atoms with van der Waals surface area (Å²) in [5, 5.41) is 15.3. The smallest absolute Gasteiger partial charge is 0.272 e. The number of nitrogens with one attached hydrogen (secondary N) is 1. The number of rotatable bonds is 7. The van der Waals surface area contributed by atoms with E-state index in [2.05, 4.69) is 63.4 Å². The number of para-hydroxylation sites is 1. The topological polar surface area (TPSA) is 64.4 Å². The highest BCUT2D eigenvalue weighted by atomic mass is 28.4. The van der Waals surface area contributed by atoms with Gasteiger partial charge in [0, 0.05) is 23.7 Å². The van der Waals surface area contributed by atoms with Crippen LogP contribution in [0.5, 0.6) is 0 Å². The molecule has 0 aliphatic carbocycles. The van der Waals surface area contributed by atoms with Crippen LogP contribution in [0.4, 0.5) is 5.69 Å². The van der Waals surface area contributed by atoms with E-state index >= 15 is 0 Å². The van der Waals surface area contributed by atoms with E-state index in [0.29, 0.717) is 6.42 Å². The van der Waals surface area contributed by atoms with Crippen LogP contribution in [0.1, 0.15) is 50.8 Å². The highest BCUT2D eigenvalue weighted by Gasteiger charge is 2.42. The van der Waals surface area contributed by atoms with E-state index < -0.39 is 8.32 Å². The Morgan fingerprint density at radius 2 is 1.73 bits per heavy atom. The van der Waals surface area contributed by atoms with Gasteiger partial charge in [0.1, 0.15) is 0 Å². The molecule has 1 fully saturated rings. The predicted molar refractivity (Wildman–Crippen MR) is 124 cm³/mol. The lowest BCUT2D eigenvalue weighted by Crippen LogP contribution is -2.46. The molecule has 1 saturated heterocycles. The molecule has 1 heterocycles. The molecule has 3 atom stereocenters. The molecule has 0 bridgehead atoms. The van der Waals surface area contributed by atoms with Gasteiger partial charge in [-0.2, -0.15) is 0 Å². The van der Waals surface area contributed by atoms with Crippen molar-refractivity contribution in [1.82, 2.24) is 5.32 Å². The monoisotopic (exact) mass is 426 g/mol. The summed E-state index contributed by atoms with van der Waals surface area (Å²) < 4.78 is 6.90. The minimum absolute atomic E-state index is 0.0112. The molecule has 0 amide bonds. The molecule has 0 spiro atoms. The van der Waals surface area contributed by atoms with Crippen LogP contribution in [0.15, 0.2) is 54.6 Å². The van der Waals surface area contributed by atoms with Crippen molar-refractivity contribution in [1.29, 1.82) is 0 Å². The molecule has 0 radical (unpaired) electrons. The fourth-order valence-corrected chi connectivity index (χ4v) is 5.19. The predicted octanol–water partition coefficient (Wildman–Crippen LogP) is 6.02. The number of nitro groups is 1. The van der Waals surface area contributed by atoms with Crippen LogP contribution in [0.2, 0.25) is 18.1 Å². The van der Waals surface area contributed by atoms with Crippen LogP contribution in [-0.4, -0.2) is 25.3 Å². The Balaban J connectivity index is 1.79. The molecule has 0 saturated carbocycles. The van der Waals surface area contributed by atoms with Gasteiger partial charge in [-0.05, 0) is 43.0 Å². The lowest BCUT2D eigenvalue weighted by Gasteiger charge is -2.41. The highest BCUT2D eigenvalue weighted by molar-refractivity contribution is 6.74. The zero-order valence-electron chi connectivity index (χ0n) is 18.7. The second kappa shape index (κ2) is 9.00. The van der Waals surface area contributed by atoms with E-state index in [0.717, 1.165) is 18.4 Å². The maximum Gasteiger partial charge on any atom is 0.272 e. The molecular weight excluding hydrogens is 392 g/mol. The van der Waals surface area contributed by atoms with Crippen molar-refractivity contribution in [3.63, 3.8) is 0 Å². The summed E-state index contributed by atoms with van der Waals surface area (Å²) >= 11 is 0. The lowest BCUT2D eigenvalue weighted by molar-refractivity contribution is -0.385. The lowest BCUT2D eigenvalue weighted by atomic mass is 10.0. The standard InChI is InChI=1S/C24H34N2O3Si/c1-24(2,3)30(4,5)29-23(18-11-7-6-8-12-18)21-16-15-20(25-21)17-19-13-9-10-14-22(19)26(27)28/h6-14,20-21,23,25H,15-17H2,1-5H3/t20-,21-,23-/m1/s1. The minimum atomic E-state index is -1.97. The maximum absolute atomic E-state index is 11.4.